The van der Waals surface area contributed by atoms with E-state index in [4.69, 9.17) is 5.73 Å². The van der Waals surface area contributed by atoms with Gasteiger partial charge in [0.1, 0.15) is 0 Å². The van der Waals surface area contributed by atoms with Gasteiger partial charge in [0.15, 0.2) is 0 Å². The van der Waals surface area contributed by atoms with E-state index in [1.54, 1.807) is 6.07 Å². The number of anilines is 2. The van der Waals surface area contributed by atoms with Crippen molar-refractivity contribution >= 4 is 17.3 Å². The lowest BCUT2D eigenvalue weighted by atomic mass is 10.1. The molecule has 0 aliphatic rings. The van der Waals surface area contributed by atoms with E-state index >= 15 is 0 Å². The van der Waals surface area contributed by atoms with Crippen LogP contribution in [-0.2, 0) is 0 Å². The van der Waals surface area contributed by atoms with Crippen LogP contribution in [-0.4, -0.2) is 50.6 Å². The van der Waals surface area contributed by atoms with Gasteiger partial charge in [-0.3, -0.25) is 4.79 Å². The smallest absolute Gasteiger partial charge is 0.253 e. The van der Waals surface area contributed by atoms with Crippen LogP contribution < -0.4 is 16.0 Å². The lowest BCUT2D eigenvalue weighted by Gasteiger charge is -2.24. The van der Waals surface area contributed by atoms with E-state index < -0.39 is 0 Å². The fourth-order valence-corrected chi connectivity index (χ4v) is 2.34. The normalized spacial score (nSPS) is 12.3. The minimum absolute atomic E-state index is 0.0781. The standard InChI is InChI=1S/C16H28N4O/c1-6-20(7-2)11-12(3)18-16(21)14-10-13(17)8-9-15(14)19(4)5/h8-10,12H,6-7,11,17H2,1-5H3,(H,18,21). The van der Waals surface area contributed by atoms with Crippen molar-refractivity contribution in [1.82, 2.24) is 10.2 Å². The van der Waals surface area contributed by atoms with Gasteiger partial charge in [-0.25, -0.2) is 0 Å². The Kier molecular flexibility index (Phi) is 6.49. The zero-order valence-electron chi connectivity index (χ0n) is 13.8. The molecular formula is C16H28N4O. The molecule has 0 saturated carbocycles. The van der Waals surface area contributed by atoms with Gasteiger partial charge >= 0.3 is 0 Å². The number of nitrogens with zero attached hydrogens (tertiary/aromatic N) is 2. The summed E-state index contributed by atoms with van der Waals surface area (Å²) in [6.45, 7) is 9.09. The molecular weight excluding hydrogens is 264 g/mol. The average Bonchev–Trinajstić information content (AvgIpc) is 2.44. The molecule has 1 aromatic carbocycles. The maximum Gasteiger partial charge on any atom is 0.253 e. The number of nitrogen functional groups attached to an aromatic ring is 1. The van der Waals surface area contributed by atoms with Crippen molar-refractivity contribution in [2.24, 2.45) is 0 Å². The molecule has 118 valence electrons. The van der Waals surface area contributed by atoms with Crippen LogP contribution in [0.2, 0.25) is 0 Å². The highest BCUT2D eigenvalue weighted by molar-refractivity contribution is 6.00. The number of benzene rings is 1. The van der Waals surface area contributed by atoms with E-state index in [0.717, 1.165) is 25.3 Å². The number of nitrogens with one attached hydrogen (secondary N) is 1. The van der Waals surface area contributed by atoms with Crippen molar-refractivity contribution in [2.75, 3.05) is 44.4 Å². The molecule has 5 heteroatoms. The summed E-state index contributed by atoms with van der Waals surface area (Å²) < 4.78 is 0. The second-order valence-electron chi connectivity index (χ2n) is 5.53. The second kappa shape index (κ2) is 7.88. The molecule has 0 heterocycles. The summed E-state index contributed by atoms with van der Waals surface area (Å²) in [5.41, 5.74) is 7.90. The summed E-state index contributed by atoms with van der Waals surface area (Å²) in [4.78, 5) is 16.7. The lowest BCUT2D eigenvalue weighted by molar-refractivity contribution is 0.0931. The van der Waals surface area contributed by atoms with Crippen LogP contribution in [0.5, 0.6) is 0 Å². The molecule has 0 aliphatic heterocycles. The molecule has 21 heavy (non-hydrogen) atoms. The Balaban J connectivity index is 2.82. The number of nitrogens with two attached hydrogens (primary N) is 1. The van der Waals surface area contributed by atoms with Gasteiger partial charge in [0.2, 0.25) is 0 Å². The quantitative estimate of drug-likeness (QED) is 0.752. The number of hydrogen-bond acceptors (Lipinski definition) is 4. The molecule has 0 spiro atoms. The van der Waals surface area contributed by atoms with E-state index in [1.807, 2.05) is 38.1 Å². The average molecular weight is 292 g/mol. The number of rotatable bonds is 7. The Morgan fingerprint density at radius 1 is 1.29 bits per heavy atom. The van der Waals surface area contributed by atoms with Gasteiger partial charge in [-0.1, -0.05) is 13.8 Å². The Labute approximate surface area is 128 Å². The number of carbonyl (C=O) groups excluding carboxylic acids is 1. The van der Waals surface area contributed by atoms with E-state index in [9.17, 15) is 4.79 Å². The van der Waals surface area contributed by atoms with Gasteiger partial charge in [0.25, 0.3) is 5.91 Å². The van der Waals surface area contributed by atoms with Crippen LogP contribution in [0.4, 0.5) is 11.4 Å². The maximum atomic E-state index is 12.5. The van der Waals surface area contributed by atoms with Crippen molar-refractivity contribution in [3.63, 3.8) is 0 Å². The molecule has 0 bridgehead atoms. The van der Waals surface area contributed by atoms with Crippen LogP contribution in [0.1, 0.15) is 31.1 Å². The number of amides is 1. The monoisotopic (exact) mass is 292 g/mol. The highest BCUT2D eigenvalue weighted by Gasteiger charge is 2.16. The Morgan fingerprint density at radius 3 is 2.43 bits per heavy atom. The molecule has 0 radical (unpaired) electrons. The SMILES string of the molecule is CCN(CC)CC(C)NC(=O)c1cc(N)ccc1N(C)C. The Hall–Kier alpha value is -1.75. The highest BCUT2D eigenvalue weighted by Crippen LogP contribution is 2.21. The molecule has 0 saturated heterocycles. The molecule has 3 N–H and O–H groups in total. The van der Waals surface area contributed by atoms with Crippen molar-refractivity contribution < 1.29 is 4.79 Å². The van der Waals surface area contributed by atoms with E-state index in [2.05, 4.69) is 24.1 Å². The second-order valence-corrected chi connectivity index (χ2v) is 5.53. The van der Waals surface area contributed by atoms with Crippen LogP contribution in [0, 0.1) is 0 Å². The van der Waals surface area contributed by atoms with Crippen LogP contribution in [0.25, 0.3) is 0 Å². The third-order valence-electron chi connectivity index (χ3n) is 3.55. The predicted octanol–water partition coefficient (Wildman–Crippen LogP) is 1.79. The van der Waals surface area contributed by atoms with Crippen molar-refractivity contribution in [1.29, 1.82) is 0 Å². The fourth-order valence-electron chi connectivity index (χ4n) is 2.34. The third kappa shape index (κ3) is 4.93. The largest absolute Gasteiger partial charge is 0.399 e. The molecule has 0 aliphatic carbocycles. The highest BCUT2D eigenvalue weighted by atomic mass is 16.1. The first kappa shape index (κ1) is 17.3. The molecule has 0 fully saturated rings. The van der Waals surface area contributed by atoms with Gasteiger partial charge in [-0.05, 0) is 38.2 Å². The topological polar surface area (TPSA) is 61.6 Å². The number of hydrogen-bond donors (Lipinski definition) is 2. The minimum Gasteiger partial charge on any atom is -0.399 e. The van der Waals surface area contributed by atoms with Crippen molar-refractivity contribution in [3.05, 3.63) is 23.8 Å². The van der Waals surface area contributed by atoms with Crippen molar-refractivity contribution in [3.8, 4) is 0 Å². The van der Waals surface area contributed by atoms with Crippen LogP contribution in [0.15, 0.2) is 18.2 Å². The van der Waals surface area contributed by atoms with Gasteiger partial charge in [-0.15, -0.1) is 0 Å². The van der Waals surface area contributed by atoms with Crippen molar-refractivity contribution in [2.45, 2.75) is 26.8 Å². The fraction of sp³-hybridized carbons (Fsp3) is 0.562. The molecule has 1 aromatic rings. The summed E-state index contributed by atoms with van der Waals surface area (Å²) >= 11 is 0. The zero-order chi connectivity index (χ0) is 16.0. The Morgan fingerprint density at radius 2 is 1.90 bits per heavy atom. The molecule has 1 amide bonds. The first-order valence-electron chi connectivity index (χ1n) is 7.49. The number of likely N-dealkylation sites (N-methyl/N-ethyl adjacent to an activating group) is 1. The van der Waals surface area contributed by atoms with E-state index in [-0.39, 0.29) is 11.9 Å². The third-order valence-corrected chi connectivity index (χ3v) is 3.55. The molecule has 1 atom stereocenters. The lowest BCUT2D eigenvalue weighted by Crippen LogP contribution is -2.42. The molecule has 1 rings (SSSR count). The first-order chi connectivity index (χ1) is 9.88. The Bertz CT molecular complexity index is 469. The van der Waals surface area contributed by atoms with E-state index in [1.165, 1.54) is 0 Å². The molecule has 5 nitrogen and oxygen atoms in total. The van der Waals surface area contributed by atoms with E-state index in [0.29, 0.717) is 11.3 Å². The van der Waals surface area contributed by atoms with Gasteiger partial charge in [-0.2, -0.15) is 0 Å². The summed E-state index contributed by atoms with van der Waals surface area (Å²) in [6, 6.07) is 5.51. The number of carbonyl (C=O) groups is 1. The maximum absolute atomic E-state index is 12.5. The van der Waals surface area contributed by atoms with Crippen LogP contribution in [0.3, 0.4) is 0 Å². The summed E-state index contributed by atoms with van der Waals surface area (Å²) in [5.74, 6) is -0.0781. The summed E-state index contributed by atoms with van der Waals surface area (Å²) in [7, 11) is 3.84. The summed E-state index contributed by atoms with van der Waals surface area (Å²) in [6.07, 6.45) is 0. The van der Waals surface area contributed by atoms with Crippen LogP contribution >= 0.6 is 0 Å². The van der Waals surface area contributed by atoms with Gasteiger partial charge < -0.3 is 20.9 Å². The predicted molar refractivity (Wildman–Crippen MR) is 89.9 cm³/mol. The molecule has 0 aromatic heterocycles. The minimum atomic E-state index is -0.0781. The van der Waals surface area contributed by atoms with Gasteiger partial charge in [0, 0.05) is 38.1 Å². The zero-order valence-corrected chi connectivity index (χ0v) is 13.8. The first-order valence-corrected chi connectivity index (χ1v) is 7.49. The van der Waals surface area contributed by atoms with Gasteiger partial charge in [0.05, 0.1) is 5.56 Å². The summed E-state index contributed by atoms with van der Waals surface area (Å²) in [5, 5.41) is 3.05. The molecule has 1 unspecified atom stereocenters.